The Kier molecular flexibility index (Phi) is 5.83. The molecule has 0 aliphatic heterocycles. The Morgan fingerprint density at radius 3 is 2.08 bits per heavy atom. The van der Waals surface area contributed by atoms with E-state index in [0.29, 0.717) is 23.8 Å². The van der Waals surface area contributed by atoms with Gasteiger partial charge in [-0.2, -0.15) is 0 Å². The summed E-state index contributed by atoms with van der Waals surface area (Å²) in [7, 11) is -3.50. The normalized spacial score (nSPS) is 11.9. The Hall–Kier alpha value is -1.65. The molecule has 0 aromatic heterocycles. The van der Waals surface area contributed by atoms with Crippen molar-refractivity contribution in [3.63, 3.8) is 0 Å². The first-order valence-corrected chi connectivity index (χ1v) is 9.86. The van der Waals surface area contributed by atoms with Crippen molar-refractivity contribution in [2.45, 2.75) is 51.9 Å². The van der Waals surface area contributed by atoms with Crippen LogP contribution in [0.25, 0.3) is 0 Å². The van der Waals surface area contributed by atoms with Crippen molar-refractivity contribution in [3.8, 4) is 0 Å². The highest BCUT2D eigenvalue weighted by Crippen LogP contribution is 2.25. The van der Waals surface area contributed by atoms with Crippen LogP contribution in [-0.4, -0.2) is 15.0 Å². The van der Waals surface area contributed by atoms with Gasteiger partial charge in [0.1, 0.15) is 0 Å². The first-order chi connectivity index (χ1) is 11.2. The minimum atomic E-state index is -3.50. The van der Waals surface area contributed by atoms with Crippen molar-refractivity contribution in [1.82, 2.24) is 4.72 Å². The summed E-state index contributed by atoms with van der Waals surface area (Å²) in [5.74, 6) is 0.383. The van der Waals surface area contributed by atoms with Crippen LogP contribution in [0.5, 0.6) is 0 Å². The highest BCUT2D eigenvalue weighted by Gasteiger charge is 2.20. The lowest BCUT2D eigenvalue weighted by Gasteiger charge is -2.16. The maximum absolute atomic E-state index is 12.7. The second kappa shape index (κ2) is 7.49. The second-order valence-electron chi connectivity index (χ2n) is 6.71. The van der Waals surface area contributed by atoms with E-state index in [4.69, 9.17) is 0 Å². The molecule has 2 aromatic rings. The Labute approximate surface area is 146 Å². The van der Waals surface area contributed by atoms with Crippen LogP contribution >= 0.6 is 0 Å². The van der Waals surface area contributed by atoms with Gasteiger partial charge in [0.15, 0.2) is 0 Å². The molecule has 0 aliphatic rings. The van der Waals surface area contributed by atoms with E-state index < -0.39 is 10.0 Å². The molecule has 0 radical (unpaired) electrons. The molecule has 0 unspecified atom stereocenters. The lowest BCUT2D eigenvalue weighted by molar-refractivity contribution is 0.580. The van der Waals surface area contributed by atoms with E-state index in [1.165, 1.54) is 16.7 Å². The molecular weight excluding hydrogens is 318 g/mol. The Morgan fingerprint density at radius 1 is 0.958 bits per heavy atom. The summed E-state index contributed by atoms with van der Waals surface area (Å²) in [6.07, 6.45) is 0.689. The van der Waals surface area contributed by atoms with Crippen molar-refractivity contribution in [2.75, 3.05) is 6.54 Å². The predicted octanol–water partition coefficient (Wildman–Crippen LogP) is 4.26. The summed E-state index contributed by atoms with van der Waals surface area (Å²) in [5, 5.41) is 0. The topological polar surface area (TPSA) is 46.2 Å². The third-order valence-corrected chi connectivity index (χ3v) is 6.13. The first kappa shape index (κ1) is 18.7. The van der Waals surface area contributed by atoms with Gasteiger partial charge in [-0.05, 0) is 60.9 Å². The Bertz CT molecular complexity index is 800. The van der Waals surface area contributed by atoms with E-state index in [9.17, 15) is 8.42 Å². The zero-order valence-electron chi connectivity index (χ0n) is 15.2. The average molecular weight is 346 g/mol. The number of benzene rings is 2. The predicted molar refractivity (Wildman–Crippen MR) is 100 cm³/mol. The molecule has 0 amide bonds. The third-order valence-electron chi connectivity index (χ3n) is 4.37. The third kappa shape index (κ3) is 4.25. The number of hydrogen-bond acceptors (Lipinski definition) is 2. The van der Waals surface area contributed by atoms with Gasteiger partial charge >= 0.3 is 0 Å². The van der Waals surface area contributed by atoms with Crippen LogP contribution in [0.1, 0.15) is 47.6 Å². The summed E-state index contributed by atoms with van der Waals surface area (Å²) in [5.41, 5.74) is 5.14. The zero-order chi connectivity index (χ0) is 17.9. The molecule has 2 rings (SSSR count). The molecule has 3 nitrogen and oxygen atoms in total. The van der Waals surface area contributed by atoms with Gasteiger partial charge in [0, 0.05) is 6.54 Å². The van der Waals surface area contributed by atoms with E-state index in [-0.39, 0.29) is 0 Å². The van der Waals surface area contributed by atoms with Crippen molar-refractivity contribution >= 4 is 10.0 Å². The summed E-state index contributed by atoms with van der Waals surface area (Å²) < 4.78 is 28.2. The largest absolute Gasteiger partial charge is 0.241 e. The molecule has 0 fully saturated rings. The molecule has 0 bridgehead atoms. The number of hydrogen-bond donors (Lipinski definition) is 1. The van der Waals surface area contributed by atoms with E-state index in [1.807, 2.05) is 57.2 Å². The van der Waals surface area contributed by atoms with Gasteiger partial charge in [-0.25, -0.2) is 13.1 Å². The monoisotopic (exact) mass is 345 g/mol. The number of sulfonamides is 1. The SMILES string of the molecule is Cc1ccccc1CCNS(=O)(=O)c1c(C)cc(C(C)C)cc1C. The van der Waals surface area contributed by atoms with Crippen molar-refractivity contribution < 1.29 is 8.42 Å². The molecule has 0 saturated carbocycles. The van der Waals surface area contributed by atoms with Gasteiger partial charge in [-0.3, -0.25) is 0 Å². The lowest BCUT2D eigenvalue weighted by Crippen LogP contribution is -2.27. The van der Waals surface area contributed by atoms with Gasteiger partial charge in [-0.1, -0.05) is 50.2 Å². The summed E-state index contributed by atoms with van der Waals surface area (Å²) in [6, 6.07) is 12.0. The fourth-order valence-corrected chi connectivity index (χ4v) is 4.50. The summed E-state index contributed by atoms with van der Waals surface area (Å²) >= 11 is 0. The highest BCUT2D eigenvalue weighted by molar-refractivity contribution is 7.89. The van der Waals surface area contributed by atoms with E-state index in [2.05, 4.69) is 18.6 Å². The van der Waals surface area contributed by atoms with Crippen LogP contribution < -0.4 is 4.72 Å². The summed E-state index contributed by atoms with van der Waals surface area (Å²) in [4.78, 5) is 0.414. The van der Waals surface area contributed by atoms with Gasteiger partial charge in [0.2, 0.25) is 10.0 Å². The van der Waals surface area contributed by atoms with Crippen molar-refractivity contribution in [1.29, 1.82) is 0 Å². The van der Waals surface area contributed by atoms with Gasteiger partial charge in [0.05, 0.1) is 4.90 Å². The average Bonchev–Trinajstić information content (AvgIpc) is 2.48. The van der Waals surface area contributed by atoms with Crippen LogP contribution in [-0.2, 0) is 16.4 Å². The molecule has 0 aliphatic carbocycles. The van der Waals surface area contributed by atoms with Crippen LogP contribution in [0, 0.1) is 20.8 Å². The first-order valence-electron chi connectivity index (χ1n) is 8.37. The zero-order valence-corrected chi connectivity index (χ0v) is 16.0. The minimum absolute atomic E-state index is 0.383. The van der Waals surface area contributed by atoms with E-state index in [1.54, 1.807) is 0 Å². The highest BCUT2D eigenvalue weighted by atomic mass is 32.2. The molecule has 4 heteroatoms. The molecular formula is C20H27NO2S. The fourth-order valence-electron chi connectivity index (χ4n) is 3.02. The molecule has 24 heavy (non-hydrogen) atoms. The second-order valence-corrected chi connectivity index (χ2v) is 8.42. The fraction of sp³-hybridized carbons (Fsp3) is 0.400. The number of aryl methyl sites for hydroxylation is 3. The quantitative estimate of drug-likeness (QED) is 0.850. The maximum atomic E-state index is 12.7. The molecule has 0 atom stereocenters. The molecule has 0 spiro atoms. The van der Waals surface area contributed by atoms with Crippen molar-refractivity contribution in [3.05, 3.63) is 64.2 Å². The molecule has 1 N–H and O–H groups in total. The van der Waals surface area contributed by atoms with Crippen molar-refractivity contribution in [2.24, 2.45) is 0 Å². The molecule has 2 aromatic carbocycles. The Morgan fingerprint density at radius 2 is 1.54 bits per heavy atom. The minimum Gasteiger partial charge on any atom is -0.211 e. The maximum Gasteiger partial charge on any atom is 0.241 e. The van der Waals surface area contributed by atoms with Crippen LogP contribution in [0.3, 0.4) is 0 Å². The van der Waals surface area contributed by atoms with Crippen LogP contribution in [0.4, 0.5) is 0 Å². The number of rotatable bonds is 6. The number of nitrogens with one attached hydrogen (secondary N) is 1. The van der Waals surface area contributed by atoms with Gasteiger partial charge in [-0.15, -0.1) is 0 Å². The van der Waals surface area contributed by atoms with E-state index >= 15 is 0 Å². The smallest absolute Gasteiger partial charge is 0.211 e. The molecule has 0 heterocycles. The van der Waals surface area contributed by atoms with E-state index in [0.717, 1.165) is 11.1 Å². The standard InChI is InChI=1S/C20H27NO2S/c1-14(2)19-12-16(4)20(17(5)13-19)24(22,23)21-11-10-18-9-7-6-8-15(18)3/h6-9,12-14,21H,10-11H2,1-5H3. The van der Waals surface area contributed by atoms with Crippen LogP contribution in [0.15, 0.2) is 41.3 Å². The lowest BCUT2D eigenvalue weighted by atomic mass is 9.99. The Balaban J connectivity index is 2.18. The molecule has 130 valence electrons. The van der Waals surface area contributed by atoms with Gasteiger partial charge < -0.3 is 0 Å². The molecule has 0 saturated heterocycles. The summed E-state index contributed by atoms with van der Waals surface area (Å²) in [6.45, 7) is 10.4. The van der Waals surface area contributed by atoms with Gasteiger partial charge in [0.25, 0.3) is 0 Å². The van der Waals surface area contributed by atoms with Crippen LogP contribution in [0.2, 0.25) is 0 Å².